The van der Waals surface area contributed by atoms with Gasteiger partial charge in [0.15, 0.2) is 11.8 Å². The quantitative estimate of drug-likeness (QED) is 0.365. The molecule has 3 heterocycles. The number of aryl methyl sites for hydroxylation is 3. The Labute approximate surface area is 179 Å². The Kier molecular flexibility index (Phi) is 3.51. The van der Waals surface area contributed by atoms with Gasteiger partial charge in [-0.15, -0.1) is 0 Å². The molecule has 3 aromatic heterocycles. The maximum Gasteiger partial charge on any atom is 0.227 e. The second-order valence-electron chi connectivity index (χ2n) is 9.13. The summed E-state index contributed by atoms with van der Waals surface area (Å²) in [6, 6.07) is 9.93. The largest absolute Gasteiger partial charge is 0.437 e. The van der Waals surface area contributed by atoms with Crippen molar-refractivity contribution in [2.24, 2.45) is 7.05 Å². The molecule has 29 heavy (non-hydrogen) atoms. The number of aromatic nitrogens is 2. The minimum absolute atomic E-state index is 0.349. The maximum absolute atomic E-state index is 8.32. The predicted octanol–water partition coefficient (Wildman–Crippen LogP) is 6.51. The minimum atomic E-state index is -2.21. The highest BCUT2D eigenvalue weighted by Crippen LogP contribution is 2.38. The molecule has 4 aromatic rings. The fourth-order valence-electron chi connectivity index (χ4n) is 3.93. The predicted molar refractivity (Wildman–Crippen MR) is 120 cm³/mol. The van der Waals surface area contributed by atoms with E-state index in [4.69, 9.17) is 9.90 Å². The zero-order chi connectivity index (χ0) is 24.5. The molecule has 0 amide bonds. The van der Waals surface area contributed by atoms with Gasteiger partial charge >= 0.3 is 0 Å². The molecule has 1 aromatic carbocycles. The van der Waals surface area contributed by atoms with Gasteiger partial charge in [-0.1, -0.05) is 46.8 Å². The lowest BCUT2D eigenvalue weighted by atomic mass is 9.83. The summed E-state index contributed by atoms with van der Waals surface area (Å²) in [6.07, 6.45) is 1.73. The lowest BCUT2D eigenvalue weighted by Gasteiger charge is -2.21. The summed E-state index contributed by atoms with van der Waals surface area (Å²) in [5, 5.41) is 1.85. The Morgan fingerprint density at radius 2 is 1.83 bits per heavy atom. The van der Waals surface area contributed by atoms with E-state index in [2.05, 4.69) is 11.1 Å². The zero-order valence-corrected chi connectivity index (χ0v) is 18.3. The van der Waals surface area contributed by atoms with E-state index < -0.39 is 12.7 Å². The summed E-state index contributed by atoms with van der Waals surface area (Å²) in [4.78, 5) is 4.64. The molecule has 0 saturated carbocycles. The molecule has 0 aliphatic rings. The third kappa shape index (κ3) is 3.23. The van der Waals surface area contributed by atoms with Crippen molar-refractivity contribution < 1.29 is 14.5 Å². The van der Waals surface area contributed by atoms with E-state index in [9.17, 15) is 0 Å². The lowest BCUT2D eigenvalue weighted by Crippen LogP contribution is -2.33. The molecule has 0 aliphatic carbocycles. The SMILES string of the molecule is [2H]C([2H])([2H])c1c[n+](C)c(-c2c(C)ccc3c2oc2nc(C([2H])(C)C)ccc23)cc1C(C)(C)C. The van der Waals surface area contributed by atoms with Gasteiger partial charge in [0, 0.05) is 33.6 Å². The zero-order valence-electron chi connectivity index (χ0n) is 22.3. The van der Waals surface area contributed by atoms with Crippen molar-refractivity contribution in [3.05, 3.63) is 58.9 Å². The first-order valence-electron chi connectivity index (χ1n) is 12.0. The van der Waals surface area contributed by atoms with E-state index in [1.807, 2.05) is 63.6 Å². The first-order valence-corrected chi connectivity index (χ1v) is 9.97. The second kappa shape index (κ2) is 6.69. The van der Waals surface area contributed by atoms with Gasteiger partial charge in [-0.3, -0.25) is 0 Å². The molecule has 150 valence electrons. The van der Waals surface area contributed by atoms with Crippen LogP contribution >= 0.6 is 0 Å². The van der Waals surface area contributed by atoms with Crippen LogP contribution in [0.15, 0.2) is 40.9 Å². The Balaban J connectivity index is 2.06. The summed E-state index contributed by atoms with van der Waals surface area (Å²) < 4.78 is 40.7. The molecule has 0 saturated heterocycles. The average Bonchev–Trinajstić information content (AvgIpc) is 3.03. The van der Waals surface area contributed by atoms with Crippen LogP contribution in [0.4, 0.5) is 0 Å². The summed E-state index contributed by atoms with van der Waals surface area (Å²) in [6.45, 7) is 9.53. The third-order valence-electron chi connectivity index (χ3n) is 5.57. The molecule has 0 bridgehead atoms. The first-order chi connectivity index (χ1) is 15.1. The maximum atomic E-state index is 8.32. The van der Waals surface area contributed by atoms with E-state index in [1.54, 1.807) is 20.0 Å². The molecule has 0 unspecified atom stereocenters. The minimum Gasteiger partial charge on any atom is -0.437 e. The molecule has 0 radical (unpaired) electrons. The second-order valence-corrected chi connectivity index (χ2v) is 9.13. The number of pyridine rings is 2. The highest BCUT2D eigenvalue weighted by molar-refractivity contribution is 6.08. The van der Waals surface area contributed by atoms with Crippen molar-refractivity contribution >= 4 is 22.1 Å². The molecule has 0 aliphatic heterocycles. The molecular formula is C26H31N2O+. The Morgan fingerprint density at radius 1 is 1.10 bits per heavy atom. The number of nitrogens with zero attached hydrogens (tertiary/aromatic N) is 2. The molecule has 0 atom stereocenters. The Bertz CT molecular complexity index is 1390. The topological polar surface area (TPSA) is 29.9 Å². The van der Waals surface area contributed by atoms with Gasteiger partial charge in [0.25, 0.3) is 0 Å². The van der Waals surface area contributed by atoms with E-state index in [1.165, 1.54) is 0 Å². The fourth-order valence-corrected chi connectivity index (χ4v) is 3.93. The summed E-state index contributed by atoms with van der Waals surface area (Å²) in [5.41, 5.74) is 5.51. The summed E-state index contributed by atoms with van der Waals surface area (Å²) in [5.74, 6) is -0.828. The Hall–Kier alpha value is -2.68. The van der Waals surface area contributed by atoms with Gasteiger partial charge in [0.2, 0.25) is 11.4 Å². The van der Waals surface area contributed by atoms with Crippen molar-refractivity contribution in [3.63, 3.8) is 0 Å². The average molecular weight is 392 g/mol. The number of rotatable bonds is 2. The highest BCUT2D eigenvalue weighted by Gasteiger charge is 2.26. The van der Waals surface area contributed by atoms with Crippen molar-refractivity contribution in [2.45, 2.75) is 59.7 Å². The smallest absolute Gasteiger partial charge is 0.227 e. The van der Waals surface area contributed by atoms with Crippen LogP contribution in [-0.4, -0.2) is 4.98 Å². The monoisotopic (exact) mass is 391 g/mol. The van der Waals surface area contributed by atoms with Crippen molar-refractivity contribution in [1.82, 2.24) is 4.98 Å². The van der Waals surface area contributed by atoms with E-state index >= 15 is 0 Å². The van der Waals surface area contributed by atoms with Gasteiger partial charge in [-0.05, 0) is 48.3 Å². The molecule has 4 rings (SSSR count). The van der Waals surface area contributed by atoms with Crippen LogP contribution in [0.3, 0.4) is 0 Å². The van der Waals surface area contributed by atoms with Gasteiger partial charge in [-0.2, -0.15) is 0 Å². The Morgan fingerprint density at radius 3 is 2.48 bits per heavy atom. The molecular weight excluding hydrogens is 356 g/mol. The first kappa shape index (κ1) is 15.2. The fraction of sp³-hybridized carbons (Fsp3) is 0.385. The van der Waals surface area contributed by atoms with Crippen molar-refractivity contribution in [2.75, 3.05) is 0 Å². The van der Waals surface area contributed by atoms with Crippen LogP contribution in [0.2, 0.25) is 0 Å². The molecule has 3 nitrogen and oxygen atoms in total. The van der Waals surface area contributed by atoms with Crippen LogP contribution in [0, 0.1) is 13.8 Å². The normalized spacial score (nSPS) is 15.3. The van der Waals surface area contributed by atoms with Crippen LogP contribution in [0.1, 0.15) is 68.4 Å². The number of fused-ring (bicyclic) bond motifs is 3. The van der Waals surface area contributed by atoms with Gasteiger partial charge in [0.1, 0.15) is 7.05 Å². The third-order valence-corrected chi connectivity index (χ3v) is 5.57. The van der Waals surface area contributed by atoms with Crippen LogP contribution in [-0.2, 0) is 12.5 Å². The van der Waals surface area contributed by atoms with Crippen LogP contribution < -0.4 is 4.57 Å². The summed E-state index contributed by atoms with van der Waals surface area (Å²) >= 11 is 0. The molecule has 0 fully saturated rings. The van der Waals surface area contributed by atoms with Gasteiger partial charge in [0.05, 0.1) is 5.56 Å². The van der Waals surface area contributed by atoms with Gasteiger partial charge in [-0.25, -0.2) is 9.55 Å². The molecule has 0 N–H and O–H groups in total. The van der Waals surface area contributed by atoms with Crippen molar-refractivity contribution in [1.29, 1.82) is 0 Å². The van der Waals surface area contributed by atoms with E-state index in [0.717, 1.165) is 38.7 Å². The van der Waals surface area contributed by atoms with Crippen LogP contribution in [0.25, 0.3) is 33.3 Å². The van der Waals surface area contributed by atoms with E-state index in [-0.39, 0.29) is 5.41 Å². The number of benzene rings is 1. The van der Waals surface area contributed by atoms with Gasteiger partial charge < -0.3 is 4.42 Å². The van der Waals surface area contributed by atoms with E-state index in [0.29, 0.717) is 17.0 Å². The number of hydrogen-bond donors (Lipinski definition) is 0. The lowest BCUT2D eigenvalue weighted by molar-refractivity contribution is -0.660. The summed E-state index contributed by atoms with van der Waals surface area (Å²) in [7, 11) is 1.87. The number of hydrogen-bond acceptors (Lipinski definition) is 2. The molecule has 0 spiro atoms. The van der Waals surface area contributed by atoms with Crippen LogP contribution in [0.5, 0.6) is 0 Å². The molecule has 3 heteroatoms. The van der Waals surface area contributed by atoms with Crippen molar-refractivity contribution in [3.8, 4) is 11.3 Å². The highest BCUT2D eigenvalue weighted by atomic mass is 16.3. The standard InChI is InChI=1S/C26H31N2O/c1-15(2)21-12-11-19-18-10-9-16(3)23(24(18)29-25(19)27-21)22-13-20(26(5,6)7)17(4)14-28(22)8/h9-15H,1-8H3/q+1/i4D3,15D. The number of furan rings is 1.